The second-order valence-corrected chi connectivity index (χ2v) is 6.02. The van der Waals surface area contributed by atoms with E-state index in [4.69, 9.17) is 0 Å². The average molecular weight is 377 g/mol. The fourth-order valence-corrected chi connectivity index (χ4v) is 2.24. The summed E-state index contributed by atoms with van der Waals surface area (Å²) in [5.41, 5.74) is 0.0450. The zero-order valence-electron chi connectivity index (χ0n) is 16.0. The van der Waals surface area contributed by atoms with Gasteiger partial charge in [0.05, 0.1) is 22.7 Å². The molecule has 0 aromatic heterocycles. The van der Waals surface area contributed by atoms with Crippen LogP contribution in [0.1, 0.15) is 71.1 Å². The SMILES string of the molecule is CCCCC/C=C/C/C(=C/C/C=C(/C/C=C/CCC[C]=O)[N+](=O)[O-])[N+](=O)[O-]. The highest BCUT2D eigenvalue weighted by molar-refractivity contribution is 5.50. The molecule has 27 heavy (non-hydrogen) atoms. The number of hydrogen-bond donors (Lipinski definition) is 0. The quantitative estimate of drug-likeness (QED) is 0.154. The molecule has 1 radical (unpaired) electrons. The Balaban J connectivity index is 4.61. The lowest BCUT2D eigenvalue weighted by atomic mass is 10.1. The van der Waals surface area contributed by atoms with E-state index < -0.39 is 9.85 Å². The highest BCUT2D eigenvalue weighted by Crippen LogP contribution is 2.11. The molecule has 0 fully saturated rings. The molecular weight excluding hydrogens is 348 g/mol. The molecule has 0 heterocycles. The smallest absolute Gasteiger partial charge is 0.246 e. The first-order valence-corrected chi connectivity index (χ1v) is 9.34. The van der Waals surface area contributed by atoms with Crippen molar-refractivity contribution in [2.24, 2.45) is 0 Å². The number of unbranched alkanes of at least 4 members (excludes halogenated alkanes) is 5. The van der Waals surface area contributed by atoms with Gasteiger partial charge < -0.3 is 0 Å². The van der Waals surface area contributed by atoms with Gasteiger partial charge in [0.1, 0.15) is 0 Å². The lowest BCUT2D eigenvalue weighted by Crippen LogP contribution is -1.99. The number of carbonyl (C=O) groups excluding carboxylic acids is 1. The Bertz CT molecular complexity index is 577. The summed E-state index contributed by atoms with van der Waals surface area (Å²) in [6.45, 7) is 2.12. The number of allylic oxidation sites excluding steroid dienone is 6. The molecule has 0 aliphatic rings. The third-order valence-electron chi connectivity index (χ3n) is 3.79. The van der Waals surface area contributed by atoms with Crippen LogP contribution in [0.4, 0.5) is 0 Å². The van der Waals surface area contributed by atoms with Crippen LogP contribution in [0.5, 0.6) is 0 Å². The van der Waals surface area contributed by atoms with Crippen molar-refractivity contribution in [3.63, 3.8) is 0 Å². The first kappa shape index (κ1) is 24.4. The maximum atomic E-state index is 11.1. The van der Waals surface area contributed by atoms with E-state index in [-0.39, 0.29) is 30.7 Å². The van der Waals surface area contributed by atoms with Crippen LogP contribution in [0, 0.1) is 20.2 Å². The summed E-state index contributed by atoms with van der Waals surface area (Å²) >= 11 is 0. The molecule has 7 heteroatoms. The van der Waals surface area contributed by atoms with Crippen LogP contribution in [0.3, 0.4) is 0 Å². The minimum Gasteiger partial charge on any atom is -0.291 e. The second kappa shape index (κ2) is 16.9. The van der Waals surface area contributed by atoms with Gasteiger partial charge in [0.15, 0.2) is 6.29 Å². The van der Waals surface area contributed by atoms with Crippen molar-refractivity contribution in [1.29, 1.82) is 0 Å². The minimum absolute atomic E-state index is 0.00209. The Labute approximate surface area is 160 Å². The maximum absolute atomic E-state index is 11.1. The van der Waals surface area contributed by atoms with E-state index in [0.29, 0.717) is 19.3 Å². The molecule has 0 saturated carbocycles. The number of nitrogens with zero attached hydrogens (tertiary/aromatic N) is 2. The Hall–Kier alpha value is -2.57. The second-order valence-electron chi connectivity index (χ2n) is 6.02. The van der Waals surface area contributed by atoms with E-state index in [1.807, 2.05) is 6.08 Å². The summed E-state index contributed by atoms with van der Waals surface area (Å²) in [5.74, 6) is 0. The summed E-state index contributed by atoms with van der Waals surface area (Å²) in [6, 6.07) is 0. The van der Waals surface area contributed by atoms with Crippen LogP contribution >= 0.6 is 0 Å². The van der Waals surface area contributed by atoms with Gasteiger partial charge >= 0.3 is 0 Å². The lowest BCUT2D eigenvalue weighted by molar-refractivity contribution is -0.427. The van der Waals surface area contributed by atoms with Gasteiger partial charge in [0.2, 0.25) is 11.4 Å². The van der Waals surface area contributed by atoms with Gasteiger partial charge in [-0.25, -0.2) is 0 Å². The van der Waals surface area contributed by atoms with Gasteiger partial charge in [-0.3, -0.25) is 25.0 Å². The fourth-order valence-electron chi connectivity index (χ4n) is 2.24. The molecule has 0 aromatic carbocycles. The van der Waals surface area contributed by atoms with Crippen molar-refractivity contribution in [1.82, 2.24) is 0 Å². The molecule has 0 atom stereocenters. The standard InChI is InChI=1S/C20H29N2O5/c1-2-3-4-5-7-10-14-19(21(24)25)16-13-17-20(22(26)27)15-11-8-6-9-12-18-23/h7-8,10-11,16-17H,2-6,9,12-15H2,1H3/b10-7+,11-8+,19-16-,20-17-. The number of hydrogen-bond acceptors (Lipinski definition) is 5. The third-order valence-corrected chi connectivity index (χ3v) is 3.79. The predicted octanol–water partition coefficient (Wildman–Crippen LogP) is 5.45. The molecule has 0 spiro atoms. The van der Waals surface area contributed by atoms with Gasteiger partial charge in [-0.2, -0.15) is 0 Å². The largest absolute Gasteiger partial charge is 0.291 e. The zero-order chi connectivity index (χ0) is 20.3. The van der Waals surface area contributed by atoms with E-state index >= 15 is 0 Å². The summed E-state index contributed by atoms with van der Waals surface area (Å²) in [7, 11) is 0. The number of nitro groups is 2. The summed E-state index contributed by atoms with van der Waals surface area (Å²) in [5, 5.41) is 22.1. The van der Waals surface area contributed by atoms with E-state index in [1.165, 1.54) is 12.2 Å². The molecule has 0 aliphatic carbocycles. The molecule has 149 valence electrons. The van der Waals surface area contributed by atoms with Gasteiger partial charge in [-0.1, -0.05) is 44.1 Å². The maximum Gasteiger partial charge on any atom is 0.246 e. The van der Waals surface area contributed by atoms with Crippen LogP contribution in [-0.2, 0) is 4.79 Å². The van der Waals surface area contributed by atoms with Crippen molar-refractivity contribution in [3.8, 4) is 0 Å². The van der Waals surface area contributed by atoms with E-state index in [0.717, 1.165) is 25.7 Å². The number of rotatable bonds is 16. The Morgan fingerprint density at radius 1 is 0.852 bits per heavy atom. The Morgan fingerprint density at radius 3 is 1.81 bits per heavy atom. The van der Waals surface area contributed by atoms with Crippen molar-refractivity contribution in [2.45, 2.75) is 71.1 Å². The molecule has 0 N–H and O–H groups in total. The first-order chi connectivity index (χ1) is 13.0. The van der Waals surface area contributed by atoms with Crippen molar-refractivity contribution in [3.05, 3.63) is 68.1 Å². The monoisotopic (exact) mass is 377 g/mol. The highest BCUT2D eigenvalue weighted by Gasteiger charge is 2.10. The van der Waals surface area contributed by atoms with Crippen LogP contribution in [0.25, 0.3) is 0 Å². The zero-order valence-corrected chi connectivity index (χ0v) is 16.0. The minimum atomic E-state index is -0.475. The molecule has 7 nitrogen and oxygen atoms in total. The summed E-state index contributed by atoms with van der Waals surface area (Å²) in [4.78, 5) is 31.3. The molecular formula is C20H29N2O5. The van der Waals surface area contributed by atoms with Crippen LogP contribution in [0.2, 0.25) is 0 Å². The fraction of sp³-hybridized carbons (Fsp3) is 0.550. The van der Waals surface area contributed by atoms with Crippen molar-refractivity contribution in [2.75, 3.05) is 0 Å². The van der Waals surface area contributed by atoms with Crippen LogP contribution in [0.15, 0.2) is 47.9 Å². The molecule has 0 bridgehead atoms. The van der Waals surface area contributed by atoms with Gasteiger partial charge in [-0.05, 0) is 44.3 Å². The average Bonchev–Trinajstić information content (AvgIpc) is 2.63. The van der Waals surface area contributed by atoms with E-state index in [1.54, 1.807) is 24.5 Å². The molecule has 0 aliphatic heterocycles. The summed E-state index contributed by atoms with van der Waals surface area (Å²) < 4.78 is 0. The Kier molecular flexibility index (Phi) is 15.3. The predicted molar refractivity (Wildman–Crippen MR) is 106 cm³/mol. The van der Waals surface area contributed by atoms with Gasteiger partial charge in [0.25, 0.3) is 0 Å². The highest BCUT2D eigenvalue weighted by atomic mass is 16.6. The topological polar surface area (TPSA) is 103 Å². The van der Waals surface area contributed by atoms with Crippen LogP contribution in [-0.4, -0.2) is 16.1 Å². The van der Waals surface area contributed by atoms with Crippen molar-refractivity contribution >= 4 is 6.29 Å². The third kappa shape index (κ3) is 14.3. The van der Waals surface area contributed by atoms with Gasteiger partial charge in [-0.15, -0.1) is 0 Å². The lowest BCUT2D eigenvalue weighted by Gasteiger charge is -1.96. The first-order valence-electron chi connectivity index (χ1n) is 9.34. The molecule has 0 rings (SSSR count). The van der Waals surface area contributed by atoms with E-state index in [9.17, 15) is 25.0 Å². The van der Waals surface area contributed by atoms with Crippen molar-refractivity contribution < 1.29 is 14.6 Å². The molecule has 0 unspecified atom stereocenters. The van der Waals surface area contributed by atoms with Gasteiger partial charge in [0, 0.05) is 6.42 Å². The van der Waals surface area contributed by atoms with E-state index in [2.05, 4.69) is 6.92 Å². The summed E-state index contributed by atoms with van der Waals surface area (Å²) in [6.07, 6.45) is 18.2. The van der Waals surface area contributed by atoms with Crippen LogP contribution < -0.4 is 0 Å². The Morgan fingerprint density at radius 2 is 1.37 bits per heavy atom. The molecule has 0 amide bonds. The molecule has 0 saturated heterocycles. The molecule has 0 aromatic rings. The normalized spacial score (nSPS) is 12.8.